The number of ether oxygens (including phenoxy) is 4. The number of esters is 2. The Bertz CT molecular complexity index is 1190. The van der Waals surface area contributed by atoms with Crippen LogP contribution in [0.15, 0.2) is 12.2 Å². The van der Waals surface area contributed by atoms with Gasteiger partial charge in [0.15, 0.2) is 11.9 Å². The first-order chi connectivity index (χ1) is 18.2. The van der Waals surface area contributed by atoms with E-state index < -0.39 is 64.5 Å². The molecule has 15 atom stereocenters. The molecule has 39 heavy (non-hydrogen) atoms. The Hall–Kier alpha value is -1.81. The molecule has 3 saturated carbocycles. The van der Waals surface area contributed by atoms with Crippen molar-refractivity contribution in [2.75, 3.05) is 0 Å². The molecule has 7 aliphatic rings. The van der Waals surface area contributed by atoms with Crippen molar-refractivity contribution in [1.82, 2.24) is 0 Å². The van der Waals surface area contributed by atoms with Crippen molar-refractivity contribution in [3.05, 3.63) is 12.2 Å². The van der Waals surface area contributed by atoms with Crippen molar-refractivity contribution in [3.8, 4) is 0 Å². The van der Waals surface area contributed by atoms with E-state index in [1.165, 1.54) is 6.92 Å². The Kier molecular flexibility index (Phi) is 5.04. The third-order valence-corrected chi connectivity index (χ3v) is 12.8. The quantitative estimate of drug-likeness (QED) is 0.377. The molecule has 6 fully saturated rings. The largest absolute Gasteiger partial charge is 0.455 e. The lowest BCUT2D eigenvalue weighted by atomic mass is 9.44. The van der Waals surface area contributed by atoms with Crippen LogP contribution < -0.4 is 0 Å². The van der Waals surface area contributed by atoms with Gasteiger partial charge in [0.2, 0.25) is 5.79 Å². The van der Waals surface area contributed by atoms with Gasteiger partial charge in [-0.05, 0) is 74.9 Å². The minimum atomic E-state index is -1.58. The van der Waals surface area contributed by atoms with E-state index in [1.54, 1.807) is 26.0 Å². The summed E-state index contributed by atoms with van der Waals surface area (Å²) in [4.78, 5) is 38.1. The maximum atomic E-state index is 13.7. The number of epoxide rings is 1. The van der Waals surface area contributed by atoms with E-state index in [0.717, 1.165) is 19.3 Å². The van der Waals surface area contributed by atoms with Crippen LogP contribution in [-0.2, 0) is 33.3 Å². The molecular weight excluding hydrogens is 504 g/mol. The van der Waals surface area contributed by atoms with Crippen molar-refractivity contribution in [1.29, 1.82) is 0 Å². The van der Waals surface area contributed by atoms with Crippen LogP contribution in [0.3, 0.4) is 0 Å². The number of carbonyl (C=O) groups excluding carboxylic acids is 3. The van der Waals surface area contributed by atoms with Crippen LogP contribution >= 0.6 is 0 Å². The Morgan fingerprint density at radius 3 is 2.46 bits per heavy atom. The van der Waals surface area contributed by atoms with Crippen molar-refractivity contribution in [3.63, 3.8) is 0 Å². The fourth-order valence-corrected chi connectivity index (χ4v) is 10.8. The molecule has 4 aliphatic carbocycles. The summed E-state index contributed by atoms with van der Waals surface area (Å²) in [5.74, 6) is -3.39. The lowest BCUT2D eigenvalue weighted by molar-refractivity contribution is -0.368. The van der Waals surface area contributed by atoms with Crippen molar-refractivity contribution < 1.29 is 43.5 Å². The van der Waals surface area contributed by atoms with Crippen LogP contribution in [0, 0.1) is 46.3 Å². The SMILES string of the molecule is CC(=O)O[C@H]1C=CC(=O)[C@]2(C)[C@@H]3CC[C@@]4(C)[C@H](C[C@@H]5O[C@]6(OC(=O)[C@H](C)[C@H]6C)[C@@H](O)[C@](C)(O)[C@@H]54)[C@H]3C[C@H]3O[C@]132. The first kappa shape index (κ1) is 26.1. The highest BCUT2D eigenvalue weighted by Gasteiger charge is 2.82. The number of ketones is 1. The first-order valence-electron chi connectivity index (χ1n) is 14.5. The van der Waals surface area contributed by atoms with Gasteiger partial charge in [-0.1, -0.05) is 20.8 Å². The lowest BCUT2D eigenvalue weighted by Gasteiger charge is -2.60. The normalized spacial score (nSPS) is 60.5. The third kappa shape index (κ3) is 2.79. The highest BCUT2D eigenvalue weighted by Crippen LogP contribution is 2.74. The molecule has 9 heteroatoms. The fourth-order valence-electron chi connectivity index (χ4n) is 10.8. The van der Waals surface area contributed by atoms with E-state index in [1.807, 2.05) is 13.8 Å². The van der Waals surface area contributed by atoms with Crippen LogP contribution in [0.25, 0.3) is 0 Å². The van der Waals surface area contributed by atoms with Crippen LogP contribution in [-0.4, -0.2) is 69.3 Å². The molecule has 7 rings (SSSR count). The Morgan fingerprint density at radius 2 is 1.82 bits per heavy atom. The molecule has 214 valence electrons. The molecule has 3 saturated heterocycles. The van der Waals surface area contributed by atoms with Crippen molar-refractivity contribution >= 4 is 17.7 Å². The standard InChI is InChI=1S/C30H40O9/c1-13-14(2)30(39-24(13)33)25(34)28(6,35)23-19(37-30)12-18-16-11-22-29(38-22)21(36-15(3)31)8-7-20(32)27(29,5)17(16)9-10-26(18,23)4/h7-8,13-14,16-19,21-23,25,34-35H,9-12H2,1-6H3/t13-,14-,16+,17-,18-,19+,21+,22-,23+,25+,26+,27+,28-,29-,30-/m1/s1. The van der Waals surface area contributed by atoms with E-state index in [2.05, 4.69) is 6.92 Å². The van der Waals surface area contributed by atoms with Gasteiger partial charge in [-0.3, -0.25) is 14.4 Å². The summed E-state index contributed by atoms with van der Waals surface area (Å²) in [6.07, 6.45) is 3.51. The van der Waals surface area contributed by atoms with Crippen LogP contribution in [0.5, 0.6) is 0 Å². The molecule has 0 radical (unpaired) electrons. The van der Waals surface area contributed by atoms with Gasteiger partial charge in [-0.15, -0.1) is 0 Å². The van der Waals surface area contributed by atoms with E-state index >= 15 is 0 Å². The monoisotopic (exact) mass is 544 g/mol. The minimum Gasteiger partial charge on any atom is -0.455 e. The second-order valence-electron chi connectivity index (χ2n) is 14.2. The minimum absolute atomic E-state index is 0.0112. The number of aliphatic hydroxyl groups is 2. The number of allylic oxidation sites excluding steroid dienone is 1. The topological polar surface area (TPSA) is 132 Å². The van der Waals surface area contributed by atoms with Gasteiger partial charge in [0.05, 0.1) is 23.5 Å². The zero-order valence-electron chi connectivity index (χ0n) is 23.5. The second kappa shape index (κ2) is 7.52. The second-order valence-corrected chi connectivity index (χ2v) is 14.2. The molecule has 0 bridgehead atoms. The molecule has 2 N–H and O–H groups in total. The molecule has 3 aliphatic heterocycles. The van der Waals surface area contributed by atoms with Gasteiger partial charge < -0.3 is 29.2 Å². The molecule has 3 heterocycles. The summed E-state index contributed by atoms with van der Waals surface area (Å²) in [7, 11) is 0. The number of carbonyl (C=O) groups is 3. The fraction of sp³-hybridized carbons (Fsp3) is 0.833. The third-order valence-electron chi connectivity index (χ3n) is 12.8. The Balaban J connectivity index is 1.26. The zero-order chi connectivity index (χ0) is 28.1. The van der Waals surface area contributed by atoms with Gasteiger partial charge in [-0.25, -0.2) is 0 Å². The van der Waals surface area contributed by atoms with E-state index in [-0.39, 0.29) is 41.0 Å². The number of rotatable bonds is 1. The molecule has 0 aromatic carbocycles. The van der Waals surface area contributed by atoms with E-state index in [4.69, 9.17) is 18.9 Å². The summed E-state index contributed by atoms with van der Waals surface area (Å²) in [5.41, 5.74) is -3.57. The predicted molar refractivity (Wildman–Crippen MR) is 135 cm³/mol. The molecule has 9 nitrogen and oxygen atoms in total. The molecule has 0 amide bonds. The average Bonchev–Trinajstić information content (AvgIpc) is 3.45. The average molecular weight is 545 g/mol. The van der Waals surface area contributed by atoms with Gasteiger partial charge in [0.1, 0.15) is 17.3 Å². The van der Waals surface area contributed by atoms with E-state index in [0.29, 0.717) is 6.42 Å². The highest BCUT2D eigenvalue weighted by molar-refractivity contribution is 5.98. The van der Waals surface area contributed by atoms with Crippen molar-refractivity contribution in [2.45, 2.75) is 109 Å². The summed E-state index contributed by atoms with van der Waals surface area (Å²) in [5, 5.41) is 23.6. The molecule has 0 unspecified atom stereocenters. The van der Waals surface area contributed by atoms with Crippen LogP contribution in [0.4, 0.5) is 0 Å². The number of hydrogen-bond acceptors (Lipinski definition) is 9. The first-order valence-corrected chi connectivity index (χ1v) is 14.5. The van der Waals surface area contributed by atoms with Gasteiger partial charge in [0.25, 0.3) is 0 Å². The van der Waals surface area contributed by atoms with Gasteiger partial charge in [0, 0.05) is 18.8 Å². The summed E-state index contributed by atoms with van der Waals surface area (Å²) >= 11 is 0. The lowest BCUT2D eigenvalue weighted by Crippen LogP contribution is -2.71. The van der Waals surface area contributed by atoms with Crippen LogP contribution in [0.1, 0.15) is 67.2 Å². The van der Waals surface area contributed by atoms with Gasteiger partial charge in [-0.2, -0.15) is 0 Å². The predicted octanol–water partition coefficient (Wildman–Crippen LogP) is 2.31. The van der Waals surface area contributed by atoms with Crippen molar-refractivity contribution in [2.24, 2.45) is 46.3 Å². The molecular formula is C30H40O9. The summed E-state index contributed by atoms with van der Waals surface area (Å²) in [6, 6.07) is 0. The Morgan fingerprint density at radius 1 is 1.10 bits per heavy atom. The molecule has 0 aromatic heterocycles. The maximum Gasteiger partial charge on any atom is 0.311 e. The summed E-state index contributed by atoms with van der Waals surface area (Å²) < 4.78 is 24.4. The van der Waals surface area contributed by atoms with Gasteiger partial charge >= 0.3 is 11.9 Å². The molecule has 2 spiro atoms. The number of hydrogen-bond donors (Lipinski definition) is 2. The number of fused-ring (bicyclic) bond motifs is 6. The Labute approximate surface area is 228 Å². The molecule has 0 aromatic rings. The smallest absolute Gasteiger partial charge is 0.311 e. The van der Waals surface area contributed by atoms with Crippen LogP contribution in [0.2, 0.25) is 0 Å². The van der Waals surface area contributed by atoms with E-state index in [9.17, 15) is 24.6 Å². The highest BCUT2D eigenvalue weighted by atomic mass is 16.7. The number of aliphatic hydroxyl groups excluding tert-OH is 1. The summed E-state index contributed by atoms with van der Waals surface area (Å²) in [6.45, 7) is 10.8. The zero-order valence-corrected chi connectivity index (χ0v) is 23.5. The maximum absolute atomic E-state index is 13.7.